The molecular weight excluding hydrogens is 445 g/mol. The number of hydrogen-bond acceptors (Lipinski definition) is 5. The van der Waals surface area contributed by atoms with Gasteiger partial charge in [-0.15, -0.1) is 10.2 Å². The molecule has 1 heterocycles. The number of halogens is 4. The van der Waals surface area contributed by atoms with Gasteiger partial charge in [0.05, 0.1) is 10.5 Å². The van der Waals surface area contributed by atoms with Crippen molar-refractivity contribution in [3.63, 3.8) is 0 Å². The van der Waals surface area contributed by atoms with Crippen molar-refractivity contribution >= 4 is 39.0 Å². The lowest BCUT2D eigenvalue weighted by molar-refractivity contribution is -0.137. The summed E-state index contributed by atoms with van der Waals surface area (Å²) in [7, 11) is -3.96. The van der Waals surface area contributed by atoms with Crippen molar-refractivity contribution in [2.24, 2.45) is 0 Å². The van der Waals surface area contributed by atoms with Gasteiger partial charge in [-0.3, -0.25) is 9.52 Å². The average Bonchev–Trinajstić information content (AvgIpc) is 2.69. The molecule has 0 radical (unpaired) electrons. The van der Waals surface area contributed by atoms with Crippen LogP contribution < -0.4 is 10.0 Å². The van der Waals surface area contributed by atoms with Gasteiger partial charge in [-0.2, -0.15) is 13.2 Å². The summed E-state index contributed by atoms with van der Waals surface area (Å²) in [6, 6.07) is 11.6. The molecule has 0 atom stereocenters. The summed E-state index contributed by atoms with van der Waals surface area (Å²) in [5.41, 5.74) is -0.598. The van der Waals surface area contributed by atoms with E-state index in [1.807, 2.05) is 0 Å². The number of carbonyl (C=O) groups is 1. The number of nitrogens with zero attached hydrogens (tertiary/aromatic N) is 2. The number of rotatable bonds is 5. The summed E-state index contributed by atoms with van der Waals surface area (Å²) < 4.78 is 64.7. The third-order valence-electron chi connectivity index (χ3n) is 3.77. The van der Waals surface area contributed by atoms with Gasteiger partial charge in [0.15, 0.2) is 11.0 Å². The molecule has 0 aliphatic heterocycles. The largest absolute Gasteiger partial charge is 0.416 e. The predicted octanol–water partition coefficient (Wildman–Crippen LogP) is 4.20. The Bertz CT molecular complexity index is 1150. The van der Waals surface area contributed by atoms with E-state index in [1.54, 1.807) is 0 Å². The Hall–Kier alpha value is -3.18. The van der Waals surface area contributed by atoms with E-state index in [4.69, 9.17) is 11.6 Å². The standard InChI is InChI=1S/C18H12ClF3N4O3S/c19-15-9-10-16(25-24-15)26-30(28,29)14-7-5-13(6-8-14)23-17(27)11-1-3-12(4-2-11)18(20,21)22/h1-10H,(H,23,27)(H,25,26). The molecule has 3 rings (SSSR count). The molecule has 12 heteroatoms. The third-order valence-corrected chi connectivity index (χ3v) is 5.34. The van der Waals surface area contributed by atoms with Crippen LogP contribution in [0.2, 0.25) is 5.15 Å². The minimum absolute atomic E-state index is 0.0164. The molecule has 0 unspecified atom stereocenters. The van der Waals surface area contributed by atoms with Gasteiger partial charge in [-0.1, -0.05) is 11.6 Å². The number of amides is 1. The molecule has 0 aliphatic rings. The van der Waals surface area contributed by atoms with E-state index in [0.717, 1.165) is 24.3 Å². The first kappa shape index (κ1) is 21.5. The molecule has 0 saturated carbocycles. The summed E-state index contributed by atoms with van der Waals surface area (Å²) in [5, 5.41) is 9.71. The highest BCUT2D eigenvalue weighted by atomic mass is 35.5. The highest BCUT2D eigenvalue weighted by molar-refractivity contribution is 7.92. The molecule has 0 saturated heterocycles. The van der Waals surface area contributed by atoms with E-state index in [-0.39, 0.29) is 27.1 Å². The van der Waals surface area contributed by atoms with Gasteiger partial charge in [0.2, 0.25) is 0 Å². The predicted molar refractivity (Wildman–Crippen MR) is 104 cm³/mol. The van der Waals surface area contributed by atoms with Crippen LogP contribution in [0, 0.1) is 0 Å². The van der Waals surface area contributed by atoms with Crippen LogP contribution >= 0.6 is 11.6 Å². The van der Waals surface area contributed by atoms with Crippen molar-refractivity contribution in [1.29, 1.82) is 0 Å². The van der Waals surface area contributed by atoms with Crippen molar-refractivity contribution in [1.82, 2.24) is 10.2 Å². The number of anilines is 2. The van der Waals surface area contributed by atoms with Crippen LogP contribution in [-0.2, 0) is 16.2 Å². The molecule has 0 spiro atoms. The zero-order valence-corrected chi connectivity index (χ0v) is 16.4. The molecule has 2 aromatic carbocycles. The monoisotopic (exact) mass is 456 g/mol. The van der Waals surface area contributed by atoms with E-state index in [0.29, 0.717) is 0 Å². The van der Waals surface area contributed by atoms with E-state index >= 15 is 0 Å². The fourth-order valence-electron chi connectivity index (χ4n) is 2.30. The van der Waals surface area contributed by atoms with Crippen molar-refractivity contribution < 1.29 is 26.4 Å². The third kappa shape index (κ3) is 5.24. The number of sulfonamides is 1. The van der Waals surface area contributed by atoms with Crippen molar-refractivity contribution in [3.05, 3.63) is 76.9 Å². The Morgan fingerprint density at radius 2 is 1.53 bits per heavy atom. The molecule has 0 aliphatic carbocycles. The number of benzene rings is 2. The maximum atomic E-state index is 12.6. The van der Waals surface area contributed by atoms with Gasteiger partial charge in [0.25, 0.3) is 15.9 Å². The van der Waals surface area contributed by atoms with Crippen molar-refractivity contribution in [3.8, 4) is 0 Å². The molecule has 3 aromatic rings. The smallest absolute Gasteiger partial charge is 0.322 e. The zero-order chi connectivity index (χ0) is 21.9. The summed E-state index contributed by atoms with van der Waals surface area (Å²) in [5.74, 6) is -0.673. The Kier molecular flexibility index (Phi) is 5.94. The fourth-order valence-corrected chi connectivity index (χ4v) is 3.40. The SMILES string of the molecule is O=C(Nc1ccc(S(=O)(=O)Nc2ccc(Cl)nn2)cc1)c1ccc(C(F)(F)F)cc1. The van der Waals surface area contributed by atoms with Gasteiger partial charge >= 0.3 is 6.18 Å². The lowest BCUT2D eigenvalue weighted by atomic mass is 10.1. The molecule has 2 N–H and O–H groups in total. The molecule has 0 bridgehead atoms. The van der Waals surface area contributed by atoms with Crippen LogP contribution in [0.4, 0.5) is 24.7 Å². The van der Waals surface area contributed by atoms with Crippen LogP contribution in [0.1, 0.15) is 15.9 Å². The second-order valence-electron chi connectivity index (χ2n) is 5.90. The highest BCUT2D eigenvalue weighted by Gasteiger charge is 2.30. The number of aromatic nitrogens is 2. The minimum Gasteiger partial charge on any atom is -0.322 e. The first-order valence-electron chi connectivity index (χ1n) is 8.15. The number of nitrogens with one attached hydrogen (secondary N) is 2. The molecule has 7 nitrogen and oxygen atoms in total. The second kappa shape index (κ2) is 8.28. The van der Waals surface area contributed by atoms with E-state index in [9.17, 15) is 26.4 Å². The van der Waals surface area contributed by atoms with E-state index in [2.05, 4.69) is 20.2 Å². The summed E-state index contributed by atoms with van der Waals surface area (Å²) in [6.07, 6.45) is -4.50. The van der Waals surface area contributed by atoms with Crippen molar-refractivity contribution in [2.75, 3.05) is 10.0 Å². The molecular formula is C18H12ClF3N4O3S. The summed E-state index contributed by atoms with van der Waals surface area (Å²) in [6.45, 7) is 0. The van der Waals surface area contributed by atoms with Gasteiger partial charge in [0.1, 0.15) is 0 Å². The van der Waals surface area contributed by atoms with Crippen LogP contribution in [0.25, 0.3) is 0 Å². The maximum Gasteiger partial charge on any atom is 0.416 e. The lowest BCUT2D eigenvalue weighted by Crippen LogP contribution is -2.15. The normalized spacial score (nSPS) is 11.7. The van der Waals surface area contributed by atoms with E-state index in [1.165, 1.54) is 36.4 Å². The summed E-state index contributed by atoms with van der Waals surface area (Å²) >= 11 is 5.60. The number of alkyl halides is 3. The van der Waals surface area contributed by atoms with Gasteiger partial charge in [0, 0.05) is 11.3 Å². The quantitative estimate of drug-likeness (QED) is 0.599. The van der Waals surface area contributed by atoms with Crippen LogP contribution in [0.15, 0.2) is 65.6 Å². The van der Waals surface area contributed by atoms with E-state index < -0.39 is 27.7 Å². The Morgan fingerprint density at radius 1 is 0.900 bits per heavy atom. The topological polar surface area (TPSA) is 101 Å². The van der Waals surface area contributed by atoms with Gasteiger partial charge < -0.3 is 5.32 Å². The highest BCUT2D eigenvalue weighted by Crippen LogP contribution is 2.29. The zero-order valence-electron chi connectivity index (χ0n) is 14.8. The molecule has 1 amide bonds. The molecule has 1 aromatic heterocycles. The molecule has 156 valence electrons. The first-order valence-corrected chi connectivity index (χ1v) is 10.0. The summed E-state index contributed by atoms with van der Waals surface area (Å²) in [4.78, 5) is 12.1. The lowest BCUT2D eigenvalue weighted by Gasteiger charge is -2.10. The molecule has 30 heavy (non-hydrogen) atoms. The molecule has 0 fully saturated rings. The van der Waals surface area contributed by atoms with Crippen LogP contribution in [-0.4, -0.2) is 24.5 Å². The number of carbonyl (C=O) groups excluding carboxylic acids is 1. The van der Waals surface area contributed by atoms with Gasteiger partial charge in [-0.25, -0.2) is 8.42 Å². The minimum atomic E-state index is -4.50. The Labute approximate surface area is 174 Å². The van der Waals surface area contributed by atoms with Crippen molar-refractivity contribution in [2.45, 2.75) is 11.1 Å². The fraction of sp³-hybridized carbons (Fsp3) is 0.0556. The van der Waals surface area contributed by atoms with Crippen LogP contribution in [0.5, 0.6) is 0 Å². The van der Waals surface area contributed by atoms with Gasteiger partial charge in [-0.05, 0) is 60.7 Å². The second-order valence-corrected chi connectivity index (χ2v) is 7.97. The Morgan fingerprint density at radius 3 is 2.07 bits per heavy atom. The maximum absolute atomic E-state index is 12.6. The average molecular weight is 457 g/mol. The number of hydrogen-bond donors (Lipinski definition) is 2. The Balaban J connectivity index is 1.69. The first-order chi connectivity index (χ1) is 14.0. The van der Waals surface area contributed by atoms with Crippen LogP contribution in [0.3, 0.4) is 0 Å².